The van der Waals surface area contributed by atoms with E-state index in [1.807, 2.05) is 19.9 Å². The Morgan fingerprint density at radius 3 is 2.50 bits per heavy atom. The third kappa shape index (κ3) is 6.75. The first-order chi connectivity index (χ1) is 9.75. The summed E-state index contributed by atoms with van der Waals surface area (Å²) in [5.41, 5.74) is 6.25. The number of benzene rings is 1. The summed E-state index contributed by atoms with van der Waals surface area (Å²) >= 11 is 0. The number of halogens is 2. The topological polar surface area (TPSA) is 55.1 Å². The van der Waals surface area contributed by atoms with E-state index >= 15 is 0 Å². The number of carbonyl (C=O) groups is 1. The summed E-state index contributed by atoms with van der Waals surface area (Å²) < 4.78 is 13.2. The van der Waals surface area contributed by atoms with Crippen molar-refractivity contribution in [1.82, 2.24) is 5.32 Å². The lowest BCUT2D eigenvalue weighted by Gasteiger charge is -2.32. The van der Waals surface area contributed by atoms with E-state index in [0.717, 1.165) is 12.0 Å². The summed E-state index contributed by atoms with van der Waals surface area (Å²) in [4.78, 5) is 12.3. The average Bonchev–Trinajstić information content (AvgIpc) is 2.37. The summed E-state index contributed by atoms with van der Waals surface area (Å²) in [5.74, 6) is -0.0678. The maximum absolute atomic E-state index is 13.2. The highest BCUT2D eigenvalue weighted by Gasteiger charge is 2.27. The monoisotopic (exact) mass is 330 g/mol. The standard InChI is InChI=1S/C17H27FN2O.ClH/c1-12(2)10-17(4,11-19)20-16(21)13(3)8-14-6-5-7-15(18)9-14;/h5-7,9,12-13H,8,10-11,19H2,1-4H3,(H,20,21);1H. The third-order valence-corrected chi connectivity index (χ3v) is 3.61. The number of hydrogen-bond acceptors (Lipinski definition) is 2. The van der Waals surface area contributed by atoms with Crippen LogP contribution in [-0.2, 0) is 11.2 Å². The molecule has 0 radical (unpaired) electrons. The van der Waals surface area contributed by atoms with Crippen molar-refractivity contribution in [2.45, 2.75) is 46.1 Å². The second-order valence-corrected chi connectivity index (χ2v) is 6.59. The van der Waals surface area contributed by atoms with Crippen LogP contribution in [0.5, 0.6) is 0 Å². The molecule has 2 unspecified atom stereocenters. The molecule has 0 fully saturated rings. The van der Waals surface area contributed by atoms with Crippen LogP contribution in [0.25, 0.3) is 0 Å². The average molecular weight is 331 g/mol. The van der Waals surface area contributed by atoms with Gasteiger partial charge in [-0.05, 0) is 43.4 Å². The molecular weight excluding hydrogens is 303 g/mol. The molecule has 5 heteroatoms. The molecule has 1 aromatic carbocycles. The van der Waals surface area contributed by atoms with Crippen molar-refractivity contribution in [3.63, 3.8) is 0 Å². The Kier molecular flexibility index (Phi) is 8.64. The highest BCUT2D eigenvalue weighted by atomic mass is 35.5. The first kappa shape index (κ1) is 20.9. The Bertz CT molecular complexity index is 481. The predicted octanol–water partition coefficient (Wildman–Crippen LogP) is 3.31. The van der Waals surface area contributed by atoms with E-state index in [-0.39, 0.29) is 35.6 Å². The maximum atomic E-state index is 13.2. The van der Waals surface area contributed by atoms with Crippen molar-refractivity contribution in [1.29, 1.82) is 0 Å². The van der Waals surface area contributed by atoms with Gasteiger partial charge in [0.25, 0.3) is 0 Å². The van der Waals surface area contributed by atoms with Gasteiger partial charge >= 0.3 is 0 Å². The lowest BCUT2D eigenvalue weighted by molar-refractivity contribution is -0.126. The third-order valence-electron chi connectivity index (χ3n) is 3.61. The van der Waals surface area contributed by atoms with E-state index in [2.05, 4.69) is 19.2 Å². The smallest absolute Gasteiger partial charge is 0.223 e. The van der Waals surface area contributed by atoms with Crippen LogP contribution in [0.15, 0.2) is 24.3 Å². The highest BCUT2D eigenvalue weighted by molar-refractivity contribution is 5.85. The normalized spacial score (nSPS) is 14.9. The van der Waals surface area contributed by atoms with Gasteiger partial charge in [-0.2, -0.15) is 0 Å². The van der Waals surface area contributed by atoms with E-state index in [4.69, 9.17) is 5.73 Å². The molecular formula is C17H28ClFN2O. The summed E-state index contributed by atoms with van der Waals surface area (Å²) in [7, 11) is 0. The fourth-order valence-corrected chi connectivity index (χ4v) is 2.62. The molecule has 2 atom stereocenters. The van der Waals surface area contributed by atoms with E-state index in [1.165, 1.54) is 12.1 Å². The van der Waals surface area contributed by atoms with Crippen LogP contribution >= 0.6 is 12.4 Å². The lowest BCUT2D eigenvalue weighted by Crippen LogP contribution is -2.53. The number of hydrogen-bond donors (Lipinski definition) is 2. The number of nitrogens with one attached hydrogen (secondary N) is 1. The zero-order valence-corrected chi connectivity index (χ0v) is 14.7. The van der Waals surface area contributed by atoms with Crippen molar-refractivity contribution in [2.24, 2.45) is 17.6 Å². The van der Waals surface area contributed by atoms with Crippen LogP contribution in [0, 0.1) is 17.7 Å². The van der Waals surface area contributed by atoms with Crippen LogP contribution < -0.4 is 11.1 Å². The van der Waals surface area contributed by atoms with Crippen LogP contribution in [0.3, 0.4) is 0 Å². The summed E-state index contributed by atoms with van der Waals surface area (Å²) in [6.07, 6.45) is 1.36. The van der Waals surface area contributed by atoms with Crippen molar-refractivity contribution < 1.29 is 9.18 Å². The molecule has 1 amide bonds. The molecule has 22 heavy (non-hydrogen) atoms. The minimum absolute atomic E-state index is 0. The zero-order valence-electron chi connectivity index (χ0n) is 13.9. The van der Waals surface area contributed by atoms with E-state index < -0.39 is 0 Å². The van der Waals surface area contributed by atoms with Gasteiger partial charge in [-0.15, -0.1) is 12.4 Å². The molecule has 0 heterocycles. The molecule has 0 aliphatic heterocycles. The van der Waals surface area contributed by atoms with Gasteiger partial charge in [0.2, 0.25) is 5.91 Å². The van der Waals surface area contributed by atoms with E-state index in [0.29, 0.717) is 18.9 Å². The Morgan fingerprint density at radius 2 is 2.00 bits per heavy atom. The highest BCUT2D eigenvalue weighted by Crippen LogP contribution is 2.17. The van der Waals surface area contributed by atoms with Gasteiger partial charge in [-0.3, -0.25) is 4.79 Å². The Hall–Kier alpha value is -1.13. The quantitative estimate of drug-likeness (QED) is 0.806. The van der Waals surface area contributed by atoms with Crippen molar-refractivity contribution in [3.8, 4) is 0 Å². The van der Waals surface area contributed by atoms with Gasteiger partial charge in [0, 0.05) is 18.0 Å². The van der Waals surface area contributed by atoms with Gasteiger partial charge < -0.3 is 11.1 Å². The zero-order chi connectivity index (χ0) is 16.0. The lowest BCUT2D eigenvalue weighted by atomic mass is 9.89. The van der Waals surface area contributed by atoms with Gasteiger partial charge in [0.15, 0.2) is 0 Å². The largest absolute Gasteiger partial charge is 0.349 e. The fourth-order valence-electron chi connectivity index (χ4n) is 2.62. The summed E-state index contributed by atoms with van der Waals surface area (Å²) in [6, 6.07) is 6.38. The SMILES string of the molecule is CC(C)CC(C)(CN)NC(=O)C(C)Cc1cccc(F)c1.Cl. The second-order valence-electron chi connectivity index (χ2n) is 6.59. The Balaban J connectivity index is 0.00000441. The first-order valence-corrected chi connectivity index (χ1v) is 7.52. The Labute approximate surface area is 139 Å². The van der Waals surface area contributed by atoms with Crippen molar-refractivity contribution in [3.05, 3.63) is 35.6 Å². The number of nitrogens with two attached hydrogens (primary N) is 1. The molecule has 1 rings (SSSR count). The molecule has 3 nitrogen and oxygen atoms in total. The van der Waals surface area contributed by atoms with Crippen molar-refractivity contribution >= 4 is 18.3 Å². The van der Waals surface area contributed by atoms with E-state index in [1.54, 1.807) is 6.07 Å². The molecule has 0 aromatic heterocycles. The molecule has 0 aliphatic carbocycles. The number of rotatable bonds is 7. The maximum Gasteiger partial charge on any atom is 0.223 e. The van der Waals surface area contributed by atoms with Crippen LogP contribution in [0.4, 0.5) is 4.39 Å². The molecule has 126 valence electrons. The van der Waals surface area contributed by atoms with Gasteiger partial charge in [0.1, 0.15) is 5.82 Å². The van der Waals surface area contributed by atoms with Crippen LogP contribution in [0.2, 0.25) is 0 Å². The molecule has 0 spiro atoms. The first-order valence-electron chi connectivity index (χ1n) is 7.52. The molecule has 0 aliphatic rings. The Morgan fingerprint density at radius 1 is 1.36 bits per heavy atom. The van der Waals surface area contributed by atoms with Crippen molar-refractivity contribution in [2.75, 3.05) is 6.54 Å². The molecule has 1 aromatic rings. The van der Waals surface area contributed by atoms with E-state index in [9.17, 15) is 9.18 Å². The summed E-state index contributed by atoms with van der Waals surface area (Å²) in [6.45, 7) is 8.45. The summed E-state index contributed by atoms with van der Waals surface area (Å²) in [5, 5.41) is 3.05. The van der Waals surface area contributed by atoms with Crippen LogP contribution in [0.1, 0.15) is 39.7 Å². The minimum atomic E-state index is -0.387. The molecule has 0 saturated heterocycles. The molecule has 0 saturated carbocycles. The van der Waals surface area contributed by atoms with Crippen LogP contribution in [-0.4, -0.2) is 18.0 Å². The fraction of sp³-hybridized carbons (Fsp3) is 0.588. The van der Waals surface area contributed by atoms with Gasteiger partial charge in [-0.1, -0.05) is 32.9 Å². The minimum Gasteiger partial charge on any atom is -0.349 e. The number of carbonyl (C=O) groups excluding carboxylic acids is 1. The van der Waals surface area contributed by atoms with Gasteiger partial charge in [0.05, 0.1) is 0 Å². The molecule has 0 bridgehead atoms. The predicted molar refractivity (Wildman–Crippen MR) is 91.6 cm³/mol. The van der Waals surface area contributed by atoms with Gasteiger partial charge in [-0.25, -0.2) is 4.39 Å². The molecule has 3 N–H and O–H groups in total. The second kappa shape index (κ2) is 9.11. The number of amides is 1.